The predicted octanol–water partition coefficient (Wildman–Crippen LogP) is 4.73. The molecule has 1 spiro atoms. The van der Waals surface area contributed by atoms with Gasteiger partial charge in [-0.2, -0.15) is 0 Å². The molecule has 1 aromatic rings. The van der Waals surface area contributed by atoms with E-state index in [2.05, 4.69) is 13.2 Å². The minimum Gasteiger partial charge on any atom is -0.396 e. The summed E-state index contributed by atoms with van der Waals surface area (Å²) in [7, 11) is 0. The lowest BCUT2D eigenvalue weighted by Crippen LogP contribution is -2.60. The Bertz CT molecular complexity index is 1160. The number of ether oxygens (including phenoxy) is 1. The Hall–Kier alpha value is -2.97. The number of unbranched alkanes of at least 4 members (excludes halogenated alkanes) is 3. The van der Waals surface area contributed by atoms with Crippen molar-refractivity contribution in [3.63, 3.8) is 0 Å². The lowest BCUT2D eigenvalue weighted by molar-refractivity contribution is -0.155. The van der Waals surface area contributed by atoms with Gasteiger partial charge in [-0.3, -0.25) is 14.4 Å². The lowest BCUT2D eigenvalue weighted by Gasteiger charge is -2.42. The number of aliphatic hydroxyl groups excluding tert-OH is 1. The number of nitrogens with zero attached hydrogens (tertiary/aromatic N) is 3. The number of para-hydroxylation sites is 1. The van der Waals surface area contributed by atoms with Crippen molar-refractivity contribution in [1.29, 1.82) is 0 Å². The fraction of sp³-hybridized carbons (Fsp3) is 0.618. The van der Waals surface area contributed by atoms with Gasteiger partial charge in [-0.1, -0.05) is 50.1 Å². The quantitative estimate of drug-likeness (QED) is 0.254. The van der Waals surface area contributed by atoms with Crippen LogP contribution in [0.2, 0.25) is 0 Å². The molecule has 42 heavy (non-hydrogen) atoms. The zero-order valence-corrected chi connectivity index (χ0v) is 25.9. The van der Waals surface area contributed by atoms with E-state index in [1.54, 1.807) is 26.9 Å². The largest absolute Gasteiger partial charge is 0.396 e. The molecule has 230 valence electrons. The zero-order valence-electron chi connectivity index (χ0n) is 25.9. The minimum absolute atomic E-state index is 0.135. The number of carbonyl (C=O) groups excluding carboxylic acids is 3. The Balaban J connectivity index is 1.79. The van der Waals surface area contributed by atoms with Gasteiger partial charge in [0, 0.05) is 37.5 Å². The first-order valence-electron chi connectivity index (χ1n) is 15.5. The van der Waals surface area contributed by atoms with Gasteiger partial charge in [-0.05, 0) is 65.0 Å². The maximum absolute atomic E-state index is 14.6. The fourth-order valence-electron chi connectivity index (χ4n) is 7.56. The minimum atomic E-state index is -1.07. The molecule has 5 atom stereocenters. The molecule has 1 aromatic carbocycles. The summed E-state index contributed by atoms with van der Waals surface area (Å²) in [5.41, 5.74) is -1.65. The van der Waals surface area contributed by atoms with Crippen molar-refractivity contribution >= 4 is 23.4 Å². The highest BCUT2D eigenvalue weighted by Gasteiger charge is 2.79. The van der Waals surface area contributed by atoms with E-state index in [1.807, 2.05) is 58.0 Å². The lowest BCUT2D eigenvalue weighted by atomic mass is 9.64. The normalized spacial score (nSPS) is 28.1. The van der Waals surface area contributed by atoms with Gasteiger partial charge in [0.25, 0.3) is 0 Å². The highest BCUT2D eigenvalue weighted by atomic mass is 16.5. The summed E-state index contributed by atoms with van der Waals surface area (Å²) < 4.78 is 7.00. The number of anilines is 1. The van der Waals surface area contributed by atoms with Crippen LogP contribution in [0.1, 0.15) is 72.6 Å². The molecule has 8 heteroatoms. The van der Waals surface area contributed by atoms with E-state index in [1.165, 1.54) is 0 Å². The van der Waals surface area contributed by atoms with E-state index in [0.29, 0.717) is 51.7 Å². The van der Waals surface area contributed by atoms with Crippen molar-refractivity contribution in [3.8, 4) is 0 Å². The summed E-state index contributed by atoms with van der Waals surface area (Å²) >= 11 is 0. The molecular weight excluding hydrogens is 530 g/mol. The van der Waals surface area contributed by atoms with Gasteiger partial charge >= 0.3 is 0 Å². The van der Waals surface area contributed by atoms with Crippen molar-refractivity contribution in [2.75, 3.05) is 31.1 Å². The molecule has 1 N–H and O–H groups in total. The Kier molecular flexibility index (Phi) is 9.68. The van der Waals surface area contributed by atoms with Crippen LogP contribution in [0.15, 0.2) is 55.6 Å². The third-order valence-corrected chi connectivity index (χ3v) is 9.52. The highest BCUT2D eigenvalue weighted by Crippen LogP contribution is 2.65. The summed E-state index contributed by atoms with van der Waals surface area (Å²) in [5.74, 6) is -1.92. The topological polar surface area (TPSA) is 90.4 Å². The number of hydrogen-bond acceptors (Lipinski definition) is 5. The van der Waals surface area contributed by atoms with Crippen LogP contribution in [0, 0.1) is 11.8 Å². The van der Waals surface area contributed by atoms with Gasteiger partial charge in [0.05, 0.1) is 17.4 Å². The number of likely N-dealkylation sites (tertiary alicyclic amines) is 1. The number of benzene rings is 1. The molecule has 3 fully saturated rings. The number of fused-ring (bicyclic) bond motifs is 1. The molecule has 2 unspecified atom stereocenters. The van der Waals surface area contributed by atoms with Crippen molar-refractivity contribution in [2.45, 2.75) is 95.4 Å². The van der Waals surface area contributed by atoms with Crippen molar-refractivity contribution in [2.24, 2.45) is 11.8 Å². The third kappa shape index (κ3) is 5.44. The monoisotopic (exact) mass is 579 g/mol. The molecule has 0 radical (unpaired) electrons. The van der Waals surface area contributed by atoms with Gasteiger partial charge in [-0.15, -0.1) is 13.2 Å². The average Bonchev–Trinajstić information content (AvgIpc) is 3.57. The first kappa shape index (κ1) is 32.0. The van der Waals surface area contributed by atoms with E-state index < -0.39 is 34.6 Å². The number of amides is 3. The first-order valence-corrected chi connectivity index (χ1v) is 15.5. The Labute approximate surface area is 251 Å². The van der Waals surface area contributed by atoms with E-state index in [0.717, 1.165) is 18.5 Å². The smallest absolute Gasteiger partial charge is 0.249 e. The molecule has 3 heterocycles. The second-order valence-corrected chi connectivity index (χ2v) is 13.0. The van der Waals surface area contributed by atoms with Crippen LogP contribution in [0.25, 0.3) is 0 Å². The molecule has 3 aliphatic heterocycles. The van der Waals surface area contributed by atoms with Crippen molar-refractivity contribution < 1.29 is 24.2 Å². The molecule has 3 aliphatic rings. The Morgan fingerprint density at radius 1 is 1.05 bits per heavy atom. The molecule has 0 aromatic heterocycles. The molecule has 4 rings (SSSR count). The number of aliphatic hydroxyl groups is 1. The zero-order chi connectivity index (χ0) is 30.7. The molecule has 0 saturated carbocycles. The maximum atomic E-state index is 14.6. The molecule has 3 saturated heterocycles. The van der Waals surface area contributed by atoms with E-state index >= 15 is 0 Å². The van der Waals surface area contributed by atoms with Gasteiger partial charge < -0.3 is 24.5 Å². The molecule has 8 nitrogen and oxygen atoms in total. The third-order valence-electron chi connectivity index (χ3n) is 9.52. The number of carbonyl (C=O) groups is 3. The van der Waals surface area contributed by atoms with Crippen LogP contribution >= 0.6 is 0 Å². The van der Waals surface area contributed by atoms with Crippen molar-refractivity contribution in [1.82, 2.24) is 9.80 Å². The van der Waals surface area contributed by atoms with E-state index in [9.17, 15) is 19.5 Å². The van der Waals surface area contributed by atoms with Crippen LogP contribution in [0.5, 0.6) is 0 Å². The first-order chi connectivity index (χ1) is 20.0. The molecular formula is C34H49N3O5. The fourth-order valence-corrected chi connectivity index (χ4v) is 7.56. The van der Waals surface area contributed by atoms with Gasteiger partial charge in [-0.25, -0.2) is 0 Å². The summed E-state index contributed by atoms with van der Waals surface area (Å²) in [6.45, 7) is 16.9. The van der Waals surface area contributed by atoms with Crippen molar-refractivity contribution in [3.05, 3.63) is 55.6 Å². The van der Waals surface area contributed by atoms with Crippen LogP contribution in [0.4, 0.5) is 5.69 Å². The molecule has 3 amide bonds. The summed E-state index contributed by atoms with van der Waals surface area (Å²) in [4.78, 5) is 48.9. The van der Waals surface area contributed by atoms with Crippen LogP contribution in [-0.4, -0.2) is 81.7 Å². The van der Waals surface area contributed by atoms with Gasteiger partial charge in [0.1, 0.15) is 11.6 Å². The Morgan fingerprint density at radius 2 is 1.71 bits per heavy atom. The maximum Gasteiger partial charge on any atom is 0.249 e. The summed E-state index contributed by atoms with van der Waals surface area (Å²) in [6, 6.07) is 8.65. The Morgan fingerprint density at radius 3 is 2.31 bits per heavy atom. The molecule has 2 bridgehead atoms. The standard InChI is InChI=1S/C34H49N3O5/c1-7-21-35(25-17-13-12-14-18-25)29(39)26-27-30(40)36(23-15-10-11-16-24-38)28(31(41)37(22-8-2)32(4,5)6)34(27)20-19-33(26,9-3)42-34/h7-8,12-14,17-18,26-28,38H,1-2,9-11,15-16,19-24H2,3-6H3/t26-,27-,28?,33+,34?/m0/s1. The SMILES string of the molecule is C=CCN(C(=O)[C@@H]1[C@H]2C(=O)N(CCCCCCO)C(C(=O)N(CC=C)C(C)(C)C)C23CC[C@@]1(CC)O3)c1ccccc1. The average molecular weight is 580 g/mol. The van der Waals surface area contributed by atoms with Crippen LogP contribution < -0.4 is 4.90 Å². The second-order valence-electron chi connectivity index (χ2n) is 13.0. The van der Waals surface area contributed by atoms with Crippen LogP contribution in [-0.2, 0) is 19.1 Å². The van der Waals surface area contributed by atoms with Crippen LogP contribution in [0.3, 0.4) is 0 Å². The molecule has 0 aliphatic carbocycles. The summed E-state index contributed by atoms with van der Waals surface area (Å²) in [6.07, 6.45) is 8.25. The second kappa shape index (κ2) is 12.7. The summed E-state index contributed by atoms with van der Waals surface area (Å²) in [5, 5.41) is 9.21. The van der Waals surface area contributed by atoms with E-state index in [-0.39, 0.29) is 24.3 Å². The van der Waals surface area contributed by atoms with Gasteiger partial charge in [0.15, 0.2) is 0 Å². The number of hydrogen-bond donors (Lipinski definition) is 1. The number of rotatable bonds is 14. The highest BCUT2D eigenvalue weighted by molar-refractivity contribution is 6.03. The predicted molar refractivity (Wildman–Crippen MR) is 165 cm³/mol. The van der Waals surface area contributed by atoms with E-state index in [4.69, 9.17) is 4.74 Å². The van der Waals surface area contributed by atoms with Gasteiger partial charge in [0.2, 0.25) is 17.7 Å².